The Hall–Kier alpha value is -2.20. The molecule has 0 aromatic heterocycles. The average molecular weight is 319 g/mol. The van der Waals surface area contributed by atoms with Gasteiger partial charge in [-0.25, -0.2) is 0 Å². The summed E-state index contributed by atoms with van der Waals surface area (Å²) in [6.45, 7) is 5.92. The summed E-state index contributed by atoms with van der Waals surface area (Å²) in [5, 5.41) is 24.7. The molecule has 116 valence electrons. The summed E-state index contributed by atoms with van der Waals surface area (Å²) in [6, 6.07) is 8.56. The maximum absolute atomic E-state index is 10.3. The number of hydrogen-bond acceptors (Lipinski definition) is 4. The number of nitrogens with zero attached hydrogens (tertiary/aromatic N) is 1. The van der Waals surface area contributed by atoms with Gasteiger partial charge in [0.1, 0.15) is 17.2 Å². The van der Waals surface area contributed by atoms with Gasteiger partial charge in [-0.2, -0.15) is 5.10 Å². The minimum absolute atomic E-state index is 0.0897. The van der Waals surface area contributed by atoms with E-state index in [4.69, 9.17) is 11.6 Å². The molecule has 0 saturated heterocycles. The van der Waals surface area contributed by atoms with Crippen molar-refractivity contribution in [3.8, 4) is 11.5 Å². The van der Waals surface area contributed by atoms with Crippen LogP contribution in [0.5, 0.6) is 11.5 Å². The number of aromatic hydroxyl groups is 2. The highest BCUT2D eigenvalue weighted by Crippen LogP contribution is 2.35. The molecule has 0 amide bonds. The van der Waals surface area contributed by atoms with Crippen molar-refractivity contribution in [3.63, 3.8) is 0 Å². The van der Waals surface area contributed by atoms with Crippen molar-refractivity contribution in [1.82, 2.24) is 0 Å². The van der Waals surface area contributed by atoms with E-state index in [1.165, 1.54) is 12.3 Å². The zero-order valence-electron chi connectivity index (χ0n) is 12.8. The van der Waals surface area contributed by atoms with Gasteiger partial charge in [0.25, 0.3) is 0 Å². The van der Waals surface area contributed by atoms with Gasteiger partial charge in [0.2, 0.25) is 0 Å². The van der Waals surface area contributed by atoms with Crippen LogP contribution < -0.4 is 5.43 Å². The molecular formula is C17H19ClN2O2. The molecule has 0 fully saturated rings. The lowest BCUT2D eigenvalue weighted by Crippen LogP contribution is -1.98. The van der Waals surface area contributed by atoms with Crippen molar-refractivity contribution < 1.29 is 10.2 Å². The quantitative estimate of drug-likeness (QED) is 0.437. The second-order valence-electron chi connectivity index (χ2n) is 5.42. The Bertz CT molecular complexity index is 712. The third-order valence-electron chi connectivity index (χ3n) is 3.41. The van der Waals surface area contributed by atoms with Gasteiger partial charge in [-0.3, -0.25) is 5.43 Å². The molecule has 0 aliphatic rings. The van der Waals surface area contributed by atoms with E-state index in [0.29, 0.717) is 16.3 Å². The van der Waals surface area contributed by atoms with E-state index in [0.717, 1.165) is 11.1 Å². The smallest absolute Gasteiger partial charge is 0.144 e. The first-order chi connectivity index (χ1) is 10.4. The summed E-state index contributed by atoms with van der Waals surface area (Å²) < 4.78 is 0. The molecule has 0 atom stereocenters. The van der Waals surface area contributed by atoms with Crippen LogP contribution in [0.1, 0.15) is 36.5 Å². The fourth-order valence-electron chi connectivity index (χ4n) is 2.11. The van der Waals surface area contributed by atoms with Crippen molar-refractivity contribution in [1.29, 1.82) is 0 Å². The lowest BCUT2D eigenvalue weighted by molar-refractivity contribution is 0.466. The van der Waals surface area contributed by atoms with E-state index in [1.54, 1.807) is 12.1 Å². The lowest BCUT2D eigenvalue weighted by Gasteiger charge is -2.14. The van der Waals surface area contributed by atoms with Gasteiger partial charge in [0.05, 0.1) is 6.21 Å². The molecular weight excluding hydrogens is 300 g/mol. The first-order valence-electron chi connectivity index (χ1n) is 7.00. The molecule has 2 aromatic rings. The molecule has 3 N–H and O–H groups in total. The lowest BCUT2D eigenvalue weighted by atomic mass is 9.99. The Labute approximate surface area is 135 Å². The first kappa shape index (κ1) is 16.2. The van der Waals surface area contributed by atoms with E-state index in [1.807, 2.05) is 32.9 Å². The third-order valence-corrected chi connectivity index (χ3v) is 3.64. The summed E-state index contributed by atoms with van der Waals surface area (Å²) in [5.74, 6) is 0.497. The van der Waals surface area contributed by atoms with Gasteiger partial charge in [0.15, 0.2) is 0 Å². The van der Waals surface area contributed by atoms with Crippen LogP contribution in [-0.2, 0) is 0 Å². The van der Waals surface area contributed by atoms with Crippen LogP contribution in [0.15, 0.2) is 35.4 Å². The number of aryl methyl sites for hydroxylation is 1. The van der Waals surface area contributed by atoms with E-state index >= 15 is 0 Å². The minimum atomic E-state index is 0.0897. The standard InChI is InChI=1S/C17H19ClN2O2/c1-10(2)14-6-4-11(3)16(17(14)22)20-19-9-12-8-13(18)5-7-15(12)21/h4-10,20-22H,1-3H3. The Kier molecular flexibility index (Phi) is 4.93. The second kappa shape index (κ2) is 6.71. The molecule has 2 rings (SSSR count). The minimum Gasteiger partial charge on any atom is -0.507 e. The second-order valence-corrected chi connectivity index (χ2v) is 5.86. The number of phenols is 2. The molecule has 0 saturated carbocycles. The maximum Gasteiger partial charge on any atom is 0.144 e. The zero-order valence-corrected chi connectivity index (χ0v) is 13.5. The number of nitrogens with one attached hydrogen (secondary N) is 1. The number of hydrazone groups is 1. The van der Waals surface area contributed by atoms with Crippen LogP contribution >= 0.6 is 11.6 Å². The van der Waals surface area contributed by atoms with E-state index in [2.05, 4.69) is 10.5 Å². The molecule has 4 nitrogen and oxygen atoms in total. The highest BCUT2D eigenvalue weighted by Gasteiger charge is 2.12. The van der Waals surface area contributed by atoms with Gasteiger partial charge in [-0.05, 0) is 42.2 Å². The first-order valence-corrected chi connectivity index (χ1v) is 7.38. The van der Waals surface area contributed by atoms with Gasteiger partial charge in [0, 0.05) is 10.6 Å². The maximum atomic E-state index is 10.3. The highest BCUT2D eigenvalue weighted by molar-refractivity contribution is 6.30. The molecule has 2 aromatic carbocycles. The number of rotatable bonds is 4. The molecule has 0 aliphatic carbocycles. The molecule has 5 heteroatoms. The average Bonchev–Trinajstić information content (AvgIpc) is 2.45. The molecule has 22 heavy (non-hydrogen) atoms. The predicted octanol–water partition coefficient (Wildman–Crippen LogP) is 4.63. The monoisotopic (exact) mass is 318 g/mol. The fraction of sp³-hybridized carbons (Fsp3) is 0.235. The summed E-state index contributed by atoms with van der Waals surface area (Å²) in [5.41, 5.74) is 5.63. The Morgan fingerprint density at radius 1 is 1.18 bits per heavy atom. The van der Waals surface area contributed by atoms with Crippen LogP contribution in [0.2, 0.25) is 5.02 Å². The summed E-state index contributed by atoms with van der Waals surface area (Å²) in [4.78, 5) is 0. The number of anilines is 1. The summed E-state index contributed by atoms with van der Waals surface area (Å²) in [6.07, 6.45) is 1.46. The van der Waals surface area contributed by atoms with Crippen LogP contribution in [0.25, 0.3) is 0 Å². The number of benzene rings is 2. The molecule has 0 bridgehead atoms. The van der Waals surface area contributed by atoms with Crippen LogP contribution in [-0.4, -0.2) is 16.4 Å². The molecule has 0 heterocycles. The topological polar surface area (TPSA) is 64.8 Å². The Morgan fingerprint density at radius 2 is 1.91 bits per heavy atom. The van der Waals surface area contributed by atoms with Crippen molar-refractivity contribution in [2.75, 3.05) is 5.43 Å². The Balaban J connectivity index is 2.26. The number of hydrogen-bond donors (Lipinski definition) is 3. The highest BCUT2D eigenvalue weighted by atomic mass is 35.5. The van der Waals surface area contributed by atoms with Crippen molar-refractivity contribution >= 4 is 23.5 Å². The molecule has 0 radical (unpaired) electrons. The van der Waals surface area contributed by atoms with Gasteiger partial charge in [-0.15, -0.1) is 0 Å². The van der Waals surface area contributed by atoms with Gasteiger partial charge >= 0.3 is 0 Å². The largest absolute Gasteiger partial charge is 0.507 e. The van der Waals surface area contributed by atoms with Crippen LogP contribution in [0.3, 0.4) is 0 Å². The molecule has 0 spiro atoms. The zero-order chi connectivity index (χ0) is 16.3. The van der Waals surface area contributed by atoms with Crippen LogP contribution in [0, 0.1) is 6.92 Å². The Morgan fingerprint density at radius 3 is 2.59 bits per heavy atom. The van der Waals surface area contributed by atoms with Crippen molar-refractivity contribution in [2.45, 2.75) is 26.7 Å². The van der Waals surface area contributed by atoms with Crippen molar-refractivity contribution in [3.05, 3.63) is 52.0 Å². The van der Waals surface area contributed by atoms with E-state index in [9.17, 15) is 10.2 Å². The molecule has 0 unspecified atom stereocenters. The number of halogens is 1. The van der Waals surface area contributed by atoms with Crippen LogP contribution in [0.4, 0.5) is 5.69 Å². The normalized spacial score (nSPS) is 11.3. The number of phenolic OH excluding ortho intramolecular Hbond substituents is 2. The van der Waals surface area contributed by atoms with Gasteiger partial charge < -0.3 is 10.2 Å². The predicted molar refractivity (Wildman–Crippen MR) is 91.3 cm³/mol. The van der Waals surface area contributed by atoms with Crippen molar-refractivity contribution in [2.24, 2.45) is 5.10 Å². The third kappa shape index (κ3) is 3.52. The fourth-order valence-corrected chi connectivity index (χ4v) is 2.29. The SMILES string of the molecule is Cc1ccc(C(C)C)c(O)c1NN=Cc1cc(Cl)ccc1O. The van der Waals surface area contributed by atoms with E-state index in [-0.39, 0.29) is 17.4 Å². The summed E-state index contributed by atoms with van der Waals surface area (Å²) in [7, 11) is 0. The summed E-state index contributed by atoms with van der Waals surface area (Å²) >= 11 is 5.89. The van der Waals surface area contributed by atoms with Gasteiger partial charge in [-0.1, -0.05) is 37.6 Å². The van der Waals surface area contributed by atoms with E-state index < -0.39 is 0 Å². The molecule has 0 aliphatic heterocycles.